The van der Waals surface area contributed by atoms with E-state index in [0.717, 1.165) is 48.3 Å². The second kappa shape index (κ2) is 9.27. The van der Waals surface area contributed by atoms with Crippen molar-refractivity contribution in [1.82, 2.24) is 4.90 Å². The first kappa shape index (κ1) is 23.5. The van der Waals surface area contributed by atoms with Crippen molar-refractivity contribution in [3.63, 3.8) is 0 Å². The summed E-state index contributed by atoms with van der Waals surface area (Å²) in [4.78, 5) is 4.78. The number of halogens is 1. The van der Waals surface area contributed by atoms with Crippen molar-refractivity contribution in [3.8, 4) is 0 Å². The van der Waals surface area contributed by atoms with Crippen LogP contribution in [0.1, 0.15) is 27.8 Å². The molecule has 0 atom stereocenters. The normalized spacial score (nSPS) is 14.6. The van der Waals surface area contributed by atoms with Crippen molar-refractivity contribution >= 4 is 15.5 Å². The molecule has 1 heterocycles. The highest BCUT2D eigenvalue weighted by atomic mass is 32.2. The van der Waals surface area contributed by atoms with Crippen LogP contribution in [-0.2, 0) is 29.1 Å². The number of nitrogens with zero attached hydrogens (tertiary/aromatic N) is 2. The van der Waals surface area contributed by atoms with Gasteiger partial charge in [0.25, 0.3) is 0 Å². The predicted octanol–water partition coefficient (Wildman–Crippen LogP) is 4.65. The maximum absolute atomic E-state index is 13.9. The lowest BCUT2D eigenvalue weighted by Gasteiger charge is -2.21. The summed E-state index contributed by atoms with van der Waals surface area (Å²) in [5.41, 5.74) is 5.47. The molecule has 1 aliphatic heterocycles. The van der Waals surface area contributed by atoms with Gasteiger partial charge in [0.2, 0.25) is 9.84 Å². The molecule has 0 amide bonds. The molecule has 6 heteroatoms. The molecule has 0 saturated heterocycles. The van der Waals surface area contributed by atoms with Gasteiger partial charge in [-0.15, -0.1) is 0 Å². The van der Waals surface area contributed by atoms with Crippen LogP contribution >= 0.6 is 0 Å². The minimum absolute atomic E-state index is 0.225. The first-order chi connectivity index (χ1) is 15.6. The molecule has 0 radical (unpaired) electrons. The zero-order chi connectivity index (χ0) is 23.8. The molecule has 0 saturated carbocycles. The molecule has 0 bridgehead atoms. The maximum Gasteiger partial charge on any atom is 0.208 e. The standard InChI is InChI=1S/C27H31FN2O2S/c1-19-5-6-21(16-25(19)28)15-20-7-9-24(10-8-20)33(31,32)27-18-23-12-14-30(4)13-11-22(23)17-26(27)29(2)3/h5-10,16-18H,11-15H2,1-4H3. The summed E-state index contributed by atoms with van der Waals surface area (Å²) >= 11 is 0. The van der Waals surface area contributed by atoms with E-state index in [4.69, 9.17) is 0 Å². The van der Waals surface area contributed by atoms with E-state index in [-0.39, 0.29) is 10.7 Å². The van der Waals surface area contributed by atoms with Crippen LogP contribution in [0.25, 0.3) is 0 Å². The van der Waals surface area contributed by atoms with E-state index in [1.54, 1.807) is 25.1 Å². The number of hydrogen-bond donors (Lipinski definition) is 0. The van der Waals surface area contributed by atoms with E-state index in [1.807, 2.05) is 49.3 Å². The molecule has 3 aromatic rings. The van der Waals surface area contributed by atoms with Crippen molar-refractivity contribution in [2.75, 3.05) is 39.1 Å². The first-order valence-electron chi connectivity index (χ1n) is 11.3. The van der Waals surface area contributed by atoms with Gasteiger partial charge >= 0.3 is 0 Å². The van der Waals surface area contributed by atoms with Gasteiger partial charge in [0, 0.05) is 27.2 Å². The van der Waals surface area contributed by atoms with E-state index < -0.39 is 9.84 Å². The number of anilines is 1. The van der Waals surface area contributed by atoms with Gasteiger partial charge in [-0.05, 0) is 91.4 Å². The van der Waals surface area contributed by atoms with Crippen molar-refractivity contribution in [3.05, 3.63) is 88.2 Å². The third-order valence-corrected chi connectivity index (χ3v) is 8.26. The highest BCUT2D eigenvalue weighted by Gasteiger charge is 2.25. The van der Waals surface area contributed by atoms with Crippen LogP contribution in [0.2, 0.25) is 0 Å². The van der Waals surface area contributed by atoms with Gasteiger partial charge in [-0.3, -0.25) is 0 Å². The Morgan fingerprint density at radius 2 is 1.52 bits per heavy atom. The summed E-state index contributed by atoms with van der Waals surface area (Å²) in [5.74, 6) is -0.225. The SMILES string of the molecule is Cc1ccc(Cc2ccc(S(=O)(=O)c3cc4c(cc3N(C)C)CCN(C)CC4)cc2)cc1F. The number of aryl methyl sites for hydroxylation is 1. The summed E-state index contributed by atoms with van der Waals surface area (Å²) in [6.07, 6.45) is 2.31. The Morgan fingerprint density at radius 3 is 2.12 bits per heavy atom. The minimum Gasteiger partial charge on any atom is -0.377 e. The Labute approximate surface area is 196 Å². The topological polar surface area (TPSA) is 40.6 Å². The zero-order valence-electron chi connectivity index (χ0n) is 19.7. The van der Waals surface area contributed by atoms with Gasteiger partial charge in [-0.25, -0.2) is 12.8 Å². The fourth-order valence-electron chi connectivity index (χ4n) is 4.31. The second-order valence-electron chi connectivity index (χ2n) is 9.19. The molecular formula is C27H31FN2O2S. The lowest BCUT2D eigenvalue weighted by Crippen LogP contribution is -2.20. The number of rotatable bonds is 5. The van der Waals surface area contributed by atoms with Crippen LogP contribution < -0.4 is 4.90 Å². The van der Waals surface area contributed by atoms with Crippen molar-refractivity contribution < 1.29 is 12.8 Å². The lowest BCUT2D eigenvalue weighted by molar-refractivity contribution is 0.352. The molecule has 4 nitrogen and oxygen atoms in total. The molecule has 0 fully saturated rings. The van der Waals surface area contributed by atoms with E-state index in [0.29, 0.717) is 16.9 Å². The molecule has 0 aromatic heterocycles. The van der Waals surface area contributed by atoms with Crippen molar-refractivity contribution in [1.29, 1.82) is 0 Å². The Morgan fingerprint density at radius 1 is 0.909 bits per heavy atom. The molecule has 0 spiro atoms. The monoisotopic (exact) mass is 466 g/mol. The summed E-state index contributed by atoms with van der Waals surface area (Å²) < 4.78 is 41.2. The van der Waals surface area contributed by atoms with E-state index in [9.17, 15) is 12.8 Å². The van der Waals surface area contributed by atoms with Gasteiger partial charge in [-0.1, -0.05) is 24.3 Å². The molecule has 3 aromatic carbocycles. The van der Waals surface area contributed by atoms with Crippen LogP contribution in [0.4, 0.5) is 10.1 Å². The quantitative estimate of drug-likeness (QED) is 0.549. The smallest absolute Gasteiger partial charge is 0.208 e. The summed E-state index contributed by atoms with van der Waals surface area (Å²) in [6, 6.07) is 16.1. The number of benzene rings is 3. The van der Waals surface area contributed by atoms with Crippen LogP contribution in [0.3, 0.4) is 0 Å². The highest BCUT2D eigenvalue weighted by molar-refractivity contribution is 7.91. The van der Waals surface area contributed by atoms with Gasteiger partial charge in [0.05, 0.1) is 15.5 Å². The highest BCUT2D eigenvalue weighted by Crippen LogP contribution is 2.34. The van der Waals surface area contributed by atoms with Crippen LogP contribution in [-0.4, -0.2) is 47.6 Å². The summed E-state index contributed by atoms with van der Waals surface area (Å²) in [7, 11) is 2.17. The second-order valence-corrected chi connectivity index (χ2v) is 11.1. The van der Waals surface area contributed by atoms with Gasteiger partial charge in [-0.2, -0.15) is 0 Å². The van der Waals surface area contributed by atoms with E-state index >= 15 is 0 Å². The molecule has 0 N–H and O–H groups in total. The van der Waals surface area contributed by atoms with Crippen LogP contribution in [0.5, 0.6) is 0 Å². The third kappa shape index (κ3) is 4.97. The molecule has 0 aliphatic carbocycles. The van der Waals surface area contributed by atoms with Gasteiger partial charge < -0.3 is 9.80 Å². The van der Waals surface area contributed by atoms with Gasteiger partial charge in [0.15, 0.2) is 0 Å². The van der Waals surface area contributed by atoms with Gasteiger partial charge in [0.1, 0.15) is 5.82 Å². The third-order valence-electron chi connectivity index (χ3n) is 6.46. The molecule has 33 heavy (non-hydrogen) atoms. The molecule has 4 rings (SSSR count). The largest absolute Gasteiger partial charge is 0.377 e. The molecular weight excluding hydrogens is 435 g/mol. The fraction of sp³-hybridized carbons (Fsp3) is 0.333. The number of sulfone groups is 1. The number of hydrogen-bond acceptors (Lipinski definition) is 4. The Kier molecular flexibility index (Phi) is 6.59. The molecule has 1 aliphatic rings. The predicted molar refractivity (Wildman–Crippen MR) is 132 cm³/mol. The van der Waals surface area contributed by atoms with Crippen molar-refractivity contribution in [2.24, 2.45) is 0 Å². The van der Waals surface area contributed by atoms with E-state index in [2.05, 4.69) is 11.9 Å². The molecule has 0 unspecified atom stereocenters. The summed E-state index contributed by atoms with van der Waals surface area (Å²) in [5, 5.41) is 0. The van der Waals surface area contributed by atoms with Crippen molar-refractivity contribution in [2.45, 2.75) is 36.0 Å². The zero-order valence-corrected chi connectivity index (χ0v) is 20.5. The summed E-state index contributed by atoms with van der Waals surface area (Å²) in [6.45, 7) is 3.63. The Hall–Kier alpha value is -2.70. The lowest BCUT2D eigenvalue weighted by atomic mass is 10.0. The number of likely N-dealkylation sites (N-methyl/N-ethyl adjacent to an activating group) is 1. The minimum atomic E-state index is -3.69. The average molecular weight is 467 g/mol. The fourth-order valence-corrected chi connectivity index (χ4v) is 5.88. The maximum atomic E-state index is 13.9. The Bertz CT molecular complexity index is 1270. The first-order valence-corrected chi connectivity index (χ1v) is 12.7. The molecule has 174 valence electrons. The average Bonchev–Trinajstić information content (AvgIpc) is 2.97. The van der Waals surface area contributed by atoms with Crippen LogP contribution in [0.15, 0.2) is 64.4 Å². The Balaban J connectivity index is 1.67. The van der Waals surface area contributed by atoms with E-state index in [1.165, 1.54) is 11.6 Å². The van der Waals surface area contributed by atoms with Crippen LogP contribution in [0, 0.1) is 12.7 Å². The number of fused-ring (bicyclic) bond motifs is 1.